The van der Waals surface area contributed by atoms with Gasteiger partial charge in [0.25, 0.3) is 0 Å². The van der Waals surface area contributed by atoms with Gasteiger partial charge in [-0.2, -0.15) is 4.98 Å². The number of rotatable bonds is 6. The van der Waals surface area contributed by atoms with Gasteiger partial charge < -0.3 is 24.4 Å². The molecule has 1 aliphatic heterocycles. The molecule has 1 saturated heterocycles. The second-order valence-corrected chi connectivity index (χ2v) is 8.14. The molecule has 0 atom stereocenters. The Balaban J connectivity index is 1.25. The quantitative estimate of drug-likeness (QED) is 0.625. The van der Waals surface area contributed by atoms with Crippen LogP contribution in [0.5, 0.6) is 11.6 Å². The molecule has 4 heterocycles. The van der Waals surface area contributed by atoms with Gasteiger partial charge >= 0.3 is 0 Å². The zero-order valence-electron chi connectivity index (χ0n) is 18.2. The van der Waals surface area contributed by atoms with Crippen LogP contribution < -0.4 is 19.7 Å². The fourth-order valence-corrected chi connectivity index (χ4v) is 4.24. The lowest BCUT2D eigenvalue weighted by molar-refractivity contribution is 0.122. The van der Waals surface area contributed by atoms with Gasteiger partial charge in [-0.3, -0.25) is 4.98 Å². The van der Waals surface area contributed by atoms with E-state index in [0.29, 0.717) is 36.8 Å². The third-order valence-electron chi connectivity index (χ3n) is 6.04. The van der Waals surface area contributed by atoms with E-state index in [9.17, 15) is 0 Å². The molecular formula is C23H28N6O3. The number of nitrogens with zero attached hydrogens (tertiary/aromatic N) is 5. The molecule has 0 radical (unpaired) electrons. The van der Waals surface area contributed by atoms with E-state index in [1.54, 1.807) is 19.5 Å². The first-order chi connectivity index (χ1) is 15.8. The largest absolute Gasteiger partial charge is 0.494 e. The molecule has 9 nitrogen and oxygen atoms in total. The van der Waals surface area contributed by atoms with E-state index in [4.69, 9.17) is 19.2 Å². The normalized spacial score (nSPS) is 21.3. The molecule has 1 saturated carbocycles. The van der Waals surface area contributed by atoms with Crippen molar-refractivity contribution in [2.24, 2.45) is 0 Å². The molecule has 0 aromatic carbocycles. The molecule has 3 aromatic rings. The van der Waals surface area contributed by atoms with E-state index in [1.165, 1.54) is 0 Å². The Bertz CT molecular complexity index is 1030. The van der Waals surface area contributed by atoms with Gasteiger partial charge in [-0.25, -0.2) is 9.97 Å². The average molecular weight is 437 g/mol. The van der Waals surface area contributed by atoms with Crippen LogP contribution >= 0.6 is 0 Å². The van der Waals surface area contributed by atoms with E-state index in [2.05, 4.69) is 25.2 Å². The van der Waals surface area contributed by atoms with Gasteiger partial charge in [-0.15, -0.1) is 0 Å². The summed E-state index contributed by atoms with van der Waals surface area (Å²) >= 11 is 0. The minimum atomic E-state index is 0.126. The monoisotopic (exact) mass is 436 g/mol. The molecule has 1 aliphatic carbocycles. The van der Waals surface area contributed by atoms with Gasteiger partial charge in [0.2, 0.25) is 11.8 Å². The number of aromatic nitrogens is 4. The molecule has 3 aromatic heterocycles. The number of methoxy groups -OCH3 is 1. The summed E-state index contributed by atoms with van der Waals surface area (Å²) in [5.41, 5.74) is 0.908. The van der Waals surface area contributed by atoms with Crippen LogP contribution in [0.3, 0.4) is 0 Å². The Kier molecular flexibility index (Phi) is 6.15. The van der Waals surface area contributed by atoms with Crippen LogP contribution in [0.4, 0.5) is 11.8 Å². The molecule has 2 fully saturated rings. The predicted octanol–water partition coefficient (Wildman–Crippen LogP) is 3.07. The van der Waals surface area contributed by atoms with Gasteiger partial charge in [0.1, 0.15) is 11.9 Å². The lowest BCUT2D eigenvalue weighted by atomic mass is 9.93. The maximum Gasteiger partial charge on any atom is 0.225 e. The van der Waals surface area contributed by atoms with Crippen LogP contribution in [0, 0.1) is 0 Å². The van der Waals surface area contributed by atoms with Gasteiger partial charge in [-0.1, -0.05) is 0 Å². The molecule has 5 rings (SSSR count). The number of anilines is 2. The second-order valence-electron chi connectivity index (χ2n) is 8.14. The Labute approximate surface area is 187 Å². The third kappa shape index (κ3) is 4.67. The molecule has 0 bridgehead atoms. The Morgan fingerprint density at radius 1 is 1.06 bits per heavy atom. The highest BCUT2D eigenvalue weighted by Gasteiger charge is 2.25. The third-order valence-corrected chi connectivity index (χ3v) is 6.04. The summed E-state index contributed by atoms with van der Waals surface area (Å²) < 4.78 is 17.0. The summed E-state index contributed by atoms with van der Waals surface area (Å²) in [4.78, 5) is 20.3. The van der Waals surface area contributed by atoms with Crippen molar-refractivity contribution in [1.29, 1.82) is 0 Å². The number of hydrogen-bond acceptors (Lipinski definition) is 9. The summed E-state index contributed by atoms with van der Waals surface area (Å²) in [6.45, 7) is 3.09. The number of morpholine rings is 1. The van der Waals surface area contributed by atoms with Gasteiger partial charge in [0.05, 0.1) is 43.6 Å². The van der Waals surface area contributed by atoms with Crippen LogP contribution in [0.2, 0.25) is 0 Å². The van der Waals surface area contributed by atoms with Crippen LogP contribution in [0.25, 0.3) is 10.9 Å². The Hall–Kier alpha value is -3.20. The molecule has 0 spiro atoms. The molecule has 0 unspecified atom stereocenters. The minimum Gasteiger partial charge on any atom is -0.494 e. The lowest BCUT2D eigenvalue weighted by Crippen LogP contribution is -2.37. The number of nitrogens with one attached hydrogen (secondary N) is 1. The summed E-state index contributed by atoms with van der Waals surface area (Å²) in [5, 5.41) is 4.38. The number of pyridine rings is 2. The SMILES string of the molecule is COc1cnc(NC2CCC(Oc3nc(N4CCOCC4)cc4ncccc34)CC2)nc1. The van der Waals surface area contributed by atoms with E-state index < -0.39 is 0 Å². The van der Waals surface area contributed by atoms with Crippen LogP contribution in [0.15, 0.2) is 36.8 Å². The van der Waals surface area contributed by atoms with Gasteiger partial charge in [0.15, 0.2) is 5.75 Å². The van der Waals surface area contributed by atoms with Gasteiger partial charge in [0, 0.05) is 31.4 Å². The zero-order valence-corrected chi connectivity index (χ0v) is 18.2. The van der Waals surface area contributed by atoms with E-state index in [1.807, 2.05) is 24.4 Å². The molecular weight excluding hydrogens is 408 g/mol. The van der Waals surface area contributed by atoms with Crippen LogP contribution in [-0.2, 0) is 4.74 Å². The van der Waals surface area contributed by atoms with Crippen molar-refractivity contribution in [3.8, 4) is 11.6 Å². The smallest absolute Gasteiger partial charge is 0.225 e. The highest BCUT2D eigenvalue weighted by atomic mass is 16.5. The highest BCUT2D eigenvalue weighted by molar-refractivity contribution is 5.85. The fourth-order valence-electron chi connectivity index (χ4n) is 4.24. The summed E-state index contributed by atoms with van der Waals surface area (Å²) in [5.74, 6) is 2.86. The van der Waals surface area contributed by atoms with Crippen LogP contribution in [-0.4, -0.2) is 65.5 Å². The molecule has 9 heteroatoms. The van der Waals surface area contributed by atoms with Gasteiger partial charge in [-0.05, 0) is 37.8 Å². The summed E-state index contributed by atoms with van der Waals surface area (Å²) in [7, 11) is 1.61. The first-order valence-electron chi connectivity index (χ1n) is 11.2. The molecule has 168 valence electrons. The van der Waals surface area contributed by atoms with E-state index >= 15 is 0 Å². The lowest BCUT2D eigenvalue weighted by Gasteiger charge is -2.31. The van der Waals surface area contributed by atoms with Crippen LogP contribution in [0.1, 0.15) is 25.7 Å². The molecule has 2 aliphatic rings. The maximum atomic E-state index is 6.44. The number of ether oxygens (including phenoxy) is 3. The molecule has 32 heavy (non-hydrogen) atoms. The average Bonchev–Trinajstić information content (AvgIpc) is 2.86. The van der Waals surface area contributed by atoms with Crippen molar-refractivity contribution < 1.29 is 14.2 Å². The summed E-state index contributed by atoms with van der Waals surface area (Å²) in [6, 6.07) is 6.33. The Morgan fingerprint density at radius 3 is 2.59 bits per heavy atom. The van der Waals surface area contributed by atoms with Crippen molar-refractivity contribution in [3.05, 3.63) is 36.8 Å². The van der Waals surface area contributed by atoms with Crippen molar-refractivity contribution in [3.63, 3.8) is 0 Å². The summed E-state index contributed by atoms with van der Waals surface area (Å²) in [6.07, 6.45) is 9.15. The Morgan fingerprint density at radius 2 is 1.84 bits per heavy atom. The van der Waals surface area contributed by atoms with Crippen molar-refractivity contribution in [1.82, 2.24) is 19.9 Å². The van der Waals surface area contributed by atoms with Crippen molar-refractivity contribution in [2.45, 2.75) is 37.8 Å². The molecule has 1 N–H and O–H groups in total. The maximum absolute atomic E-state index is 6.44. The standard InChI is InChI=1S/C23H28N6O3/c1-30-18-14-25-23(26-15-18)27-16-4-6-17(7-5-16)32-22-19-3-2-8-24-20(19)13-21(28-22)29-9-11-31-12-10-29/h2-3,8,13-17H,4-7,9-12H2,1H3,(H,25,26,27). The predicted molar refractivity (Wildman–Crippen MR) is 121 cm³/mol. The highest BCUT2D eigenvalue weighted by Crippen LogP contribution is 2.31. The fraction of sp³-hybridized carbons (Fsp3) is 0.478. The first-order valence-corrected chi connectivity index (χ1v) is 11.2. The second kappa shape index (κ2) is 9.52. The number of fused-ring (bicyclic) bond motifs is 1. The first kappa shape index (κ1) is 20.7. The van der Waals surface area contributed by atoms with E-state index in [0.717, 1.165) is 55.5 Å². The number of hydrogen-bond donors (Lipinski definition) is 1. The van der Waals surface area contributed by atoms with E-state index in [-0.39, 0.29) is 6.10 Å². The minimum absolute atomic E-state index is 0.126. The van der Waals surface area contributed by atoms with Crippen molar-refractivity contribution in [2.75, 3.05) is 43.6 Å². The topological polar surface area (TPSA) is 94.5 Å². The van der Waals surface area contributed by atoms with Crippen molar-refractivity contribution >= 4 is 22.7 Å². The molecule has 0 amide bonds. The zero-order chi connectivity index (χ0) is 21.8.